The summed E-state index contributed by atoms with van der Waals surface area (Å²) in [5.41, 5.74) is 8.34. The topological polar surface area (TPSA) is 113 Å². The van der Waals surface area contributed by atoms with Crippen molar-refractivity contribution in [2.45, 2.75) is 26.1 Å². The molecule has 4 N–H and O–H groups in total. The molecule has 148 valence electrons. The predicted octanol–water partition coefficient (Wildman–Crippen LogP) is 3.04. The molecule has 0 saturated heterocycles. The SMILES string of the molecule is CC/C=C(\N=NS/C(N)=N\NC)NC(=O)Cc1cccc(OC(F)(F)F)c1. The van der Waals surface area contributed by atoms with Crippen molar-refractivity contribution < 1.29 is 22.7 Å². The van der Waals surface area contributed by atoms with Crippen LogP contribution in [0.25, 0.3) is 0 Å². The van der Waals surface area contributed by atoms with Crippen LogP contribution in [0, 0.1) is 0 Å². The second kappa shape index (κ2) is 11.1. The lowest BCUT2D eigenvalue weighted by Gasteiger charge is -2.10. The van der Waals surface area contributed by atoms with Crippen LogP contribution in [0.4, 0.5) is 13.2 Å². The molecule has 0 aromatic heterocycles. The van der Waals surface area contributed by atoms with Gasteiger partial charge in [0, 0.05) is 7.05 Å². The summed E-state index contributed by atoms with van der Waals surface area (Å²) in [6.45, 7) is 1.84. The number of nitrogens with zero attached hydrogens (tertiary/aromatic N) is 3. The summed E-state index contributed by atoms with van der Waals surface area (Å²) >= 11 is 0.802. The molecule has 0 aliphatic heterocycles. The quantitative estimate of drug-likeness (QED) is 0.203. The number of amidine groups is 1. The Labute approximate surface area is 158 Å². The minimum Gasteiger partial charge on any atom is -0.406 e. The van der Waals surface area contributed by atoms with Crippen LogP contribution in [0.5, 0.6) is 5.75 Å². The summed E-state index contributed by atoms with van der Waals surface area (Å²) in [7, 11) is 1.57. The number of benzene rings is 1. The number of carbonyl (C=O) groups excluding carboxylic acids is 1. The van der Waals surface area contributed by atoms with E-state index < -0.39 is 18.0 Å². The third-order valence-corrected chi connectivity index (χ3v) is 3.11. The number of hydrogen-bond donors (Lipinski definition) is 3. The molecular weight excluding hydrogens is 385 g/mol. The molecule has 27 heavy (non-hydrogen) atoms. The van der Waals surface area contributed by atoms with Crippen molar-refractivity contribution in [1.82, 2.24) is 10.7 Å². The number of allylic oxidation sites excluding steroid dienone is 1. The van der Waals surface area contributed by atoms with E-state index in [0.717, 1.165) is 24.1 Å². The first-order valence-corrected chi connectivity index (χ1v) is 8.43. The number of hydrazone groups is 1. The zero-order valence-corrected chi connectivity index (χ0v) is 15.4. The Kier molecular flexibility index (Phi) is 9.13. The Morgan fingerprint density at radius 3 is 2.78 bits per heavy atom. The average Bonchev–Trinajstić information content (AvgIpc) is 2.53. The second-order valence-corrected chi connectivity index (χ2v) is 5.63. The number of amides is 1. The lowest BCUT2D eigenvalue weighted by atomic mass is 10.1. The lowest BCUT2D eigenvalue weighted by Crippen LogP contribution is -2.23. The van der Waals surface area contributed by atoms with Gasteiger partial charge in [-0.15, -0.1) is 22.8 Å². The van der Waals surface area contributed by atoms with Crippen molar-refractivity contribution in [2.24, 2.45) is 20.5 Å². The van der Waals surface area contributed by atoms with E-state index in [1.54, 1.807) is 13.1 Å². The van der Waals surface area contributed by atoms with E-state index in [1.165, 1.54) is 12.1 Å². The number of ether oxygens (including phenoxy) is 1. The Balaban J connectivity index is 2.70. The first-order valence-electron chi connectivity index (χ1n) is 7.66. The molecule has 0 bridgehead atoms. The third-order valence-electron chi connectivity index (χ3n) is 2.67. The van der Waals surface area contributed by atoms with Crippen LogP contribution < -0.4 is 21.2 Å². The van der Waals surface area contributed by atoms with Gasteiger partial charge in [-0.25, -0.2) is 0 Å². The molecule has 0 aliphatic carbocycles. The molecule has 0 fully saturated rings. The van der Waals surface area contributed by atoms with Gasteiger partial charge in [-0.1, -0.05) is 19.1 Å². The molecule has 1 aromatic carbocycles. The van der Waals surface area contributed by atoms with Gasteiger partial charge in [0.25, 0.3) is 0 Å². The molecule has 0 atom stereocenters. The van der Waals surface area contributed by atoms with Crippen molar-refractivity contribution in [3.63, 3.8) is 0 Å². The van der Waals surface area contributed by atoms with E-state index >= 15 is 0 Å². The molecule has 0 radical (unpaired) electrons. The summed E-state index contributed by atoms with van der Waals surface area (Å²) in [4.78, 5) is 12.1. The van der Waals surface area contributed by atoms with Crippen LogP contribution in [0.15, 0.2) is 50.9 Å². The molecule has 0 spiro atoms. The first kappa shape index (κ1) is 22.3. The fourth-order valence-corrected chi connectivity index (χ4v) is 2.12. The van der Waals surface area contributed by atoms with E-state index in [9.17, 15) is 18.0 Å². The van der Waals surface area contributed by atoms with Crippen molar-refractivity contribution >= 4 is 23.0 Å². The zero-order valence-electron chi connectivity index (χ0n) is 14.6. The van der Waals surface area contributed by atoms with Crippen molar-refractivity contribution in [3.8, 4) is 5.75 Å². The molecule has 1 rings (SSSR count). The molecule has 1 aromatic rings. The van der Waals surface area contributed by atoms with E-state index in [2.05, 4.69) is 30.2 Å². The van der Waals surface area contributed by atoms with Crippen LogP contribution in [0.2, 0.25) is 0 Å². The number of rotatable bonds is 8. The number of alkyl halides is 3. The van der Waals surface area contributed by atoms with Crippen molar-refractivity contribution in [1.29, 1.82) is 0 Å². The fourth-order valence-electron chi connectivity index (χ4n) is 1.77. The molecule has 0 unspecified atom stereocenters. The highest BCUT2D eigenvalue weighted by Crippen LogP contribution is 2.23. The Morgan fingerprint density at radius 2 is 2.15 bits per heavy atom. The highest BCUT2D eigenvalue weighted by atomic mass is 32.2. The van der Waals surface area contributed by atoms with E-state index in [1.807, 2.05) is 6.92 Å². The van der Waals surface area contributed by atoms with E-state index in [4.69, 9.17) is 5.73 Å². The number of halogens is 3. The molecular formula is C15H19F3N6O2S. The lowest BCUT2D eigenvalue weighted by molar-refractivity contribution is -0.274. The minimum atomic E-state index is -4.80. The number of hydrogen-bond acceptors (Lipinski definition) is 7. The molecule has 1 amide bonds. The number of nitrogens with two attached hydrogens (primary N) is 1. The standard InChI is InChI=1S/C15H19F3N6O2S/c1-3-5-12(22-24-27-14(19)23-20-2)21-13(25)9-10-6-4-7-11(8-10)26-15(16,17)18/h4-8,20H,3,9H2,1-2H3,(H2,19,23)(H,21,25)/b12-5-,24-22?. The molecule has 0 saturated carbocycles. The fraction of sp³-hybridized carbons (Fsp3) is 0.333. The van der Waals surface area contributed by atoms with Gasteiger partial charge in [-0.2, -0.15) is 5.10 Å². The van der Waals surface area contributed by atoms with Crippen LogP contribution in [-0.4, -0.2) is 24.5 Å². The normalized spacial score (nSPS) is 12.9. The molecule has 8 nitrogen and oxygen atoms in total. The molecule has 0 heterocycles. The Morgan fingerprint density at radius 1 is 1.41 bits per heavy atom. The summed E-state index contributed by atoms with van der Waals surface area (Å²) in [5, 5.41) is 10.2. The van der Waals surface area contributed by atoms with Gasteiger partial charge in [-0.05, 0) is 30.2 Å². The van der Waals surface area contributed by atoms with Gasteiger partial charge >= 0.3 is 6.36 Å². The summed E-state index contributed by atoms with van der Waals surface area (Å²) < 4.78 is 44.4. The summed E-state index contributed by atoms with van der Waals surface area (Å²) in [5.74, 6) is -0.679. The van der Waals surface area contributed by atoms with Gasteiger partial charge in [0.2, 0.25) is 11.1 Å². The van der Waals surface area contributed by atoms with Gasteiger partial charge in [0.15, 0.2) is 5.82 Å². The highest BCUT2D eigenvalue weighted by Gasteiger charge is 2.31. The van der Waals surface area contributed by atoms with Gasteiger partial charge < -0.3 is 21.2 Å². The van der Waals surface area contributed by atoms with Gasteiger partial charge in [-0.3, -0.25) is 4.79 Å². The number of carbonyl (C=O) groups is 1. The van der Waals surface area contributed by atoms with Gasteiger partial charge in [0.05, 0.1) is 18.4 Å². The minimum absolute atomic E-state index is 0.130. The van der Waals surface area contributed by atoms with E-state index in [0.29, 0.717) is 12.0 Å². The summed E-state index contributed by atoms with van der Waals surface area (Å²) in [6, 6.07) is 5.17. The Bertz CT molecular complexity index is 722. The van der Waals surface area contributed by atoms with Gasteiger partial charge in [0.1, 0.15) is 5.75 Å². The van der Waals surface area contributed by atoms with Crippen molar-refractivity contribution in [2.75, 3.05) is 7.05 Å². The predicted molar refractivity (Wildman–Crippen MR) is 96.5 cm³/mol. The van der Waals surface area contributed by atoms with Crippen LogP contribution in [0.3, 0.4) is 0 Å². The van der Waals surface area contributed by atoms with Crippen molar-refractivity contribution in [3.05, 3.63) is 41.7 Å². The average molecular weight is 404 g/mol. The first-order chi connectivity index (χ1) is 12.7. The van der Waals surface area contributed by atoms with Crippen LogP contribution in [-0.2, 0) is 11.2 Å². The largest absolute Gasteiger partial charge is 0.573 e. The Hall–Kier alpha value is -2.76. The molecule has 0 aliphatic rings. The summed E-state index contributed by atoms with van der Waals surface area (Å²) in [6.07, 6.45) is -2.76. The maximum atomic E-state index is 12.3. The molecule has 12 heteroatoms. The smallest absolute Gasteiger partial charge is 0.406 e. The van der Waals surface area contributed by atoms with Crippen LogP contribution in [0.1, 0.15) is 18.9 Å². The van der Waals surface area contributed by atoms with E-state index in [-0.39, 0.29) is 17.4 Å². The maximum absolute atomic E-state index is 12.3. The monoisotopic (exact) mass is 404 g/mol. The highest BCUT2D eigenvalue weighted by molar-refractivity contribution is 8.12. The maximum Gasteiger partial charge on any atom is 0.573 e. The second-order valence-electron chi connectivity index (χ2n) is 4.86. The van der Waals surface area contributed by atoms with Crippen LogP contribution >= 0.6 is 11.9 Å². The zero-order chi connectivity index (χ0) is 20.3. The third kappa shape index (κ3) is 10.1. The number of nitrogens with one attached hydrogen (secondary N) is 2.